The number of hydrogen-bond donors (Lipinski definition) is 1. The van der Waals surface area contributed by atoms with Crippen molar-refractivity contribution in [1.29, 1.82) is 0 Å². The topological polar surface area (TPSA) is 53.7 Å². The van der Waals surface area contributed by atoms with Crippen molar-refractivity contribution in [3.05, 3.63) is 47.0 Å². The Balaban J connectivity index is 1.95. The Bertz CT molecular complexity index is 690. The van der Waals surface area contributed by atoms with Crippen LogP contribution in [0.4, 0.5) is 0 Å². The number of fused-ring (bicyclic) bond motifs is 1. The van der Waals surface area contributed by atoms with Crippen molar-refractivity contribution < 1.29 is 14.2 Å². The summed E-state index contributed by atoms with van der Waals surface area (Å²) in [5, 5.41) is 0.542. The van der Waals surface area contributed by atoms with Crippen LogP contribution in [0.15, 0.2) is 36.4 Å². The van der Waals surface area contributed by atoms with Gasteiger partial charge in [0.1, 0.15) is 16.5 Å². The highest BCUT2D eigenvalue weighted by Crippen LogP contribution is 2.37. The van der Waals surface area contributed by atoms with Gasteiger partial charge in [0, 0.05) is 17.2 Å². The van der Waals surface area contributed by atoms with Gasteiger partial charge in [-0.1, -0.05) is 23.8 Å². The fourth-order valence-electron chi connectivity index (χ4n) is 1.85. The molecule has 2 N–H and O–H groups in total. The lowest BCUT2D eigenvalue weighted by Crippen LogP contribution is -2.10. The Kier molecular flexibility index (Phi) is 3.38. The van der Waals surface area contributed by atoms with Gasteiger partial charge in [0.15, 0.2) is 11.5 Å². The highest BCUT2D eigenvalue weighted by Gasteiger charge is 2.15. The largest absolute Gasteiger partial charge is 0.456 e. The summed E-state index contributed by atoms with van der Waals surface area (Å²) in [7, 11) is 0. The monoisotopic (exact) mass is 307 g/mol. The Morgan fingerprint density at radius 3 is 2.75 bits per heavy atom. The summed E-state index contributed by atoms with van der Waals surface area (Å²) in [6.45, 7) is 0.216. The maximum atomic E-state index is 5.97. The Hall–Kier alpha value is -1.98. The van der Waals surface area contributed by atoms with Gasteiger partial charge in [-0.2, -0.15) is 0 Å². The van der Waals surface area contributed by atoms with Crippen molar-refractivity contribution in [2.24, 2.45) is 5.73 Å². The maximum absolute atomic E-state index is 5.97. The van der Waals surface area contributed by atoms with Crippen LogP contribution in [0.5, 0.6) is 23.0 Å². The van der Waals surface area contributed by atoms with E-state index in [0.717, 1.165) is 0 Å². The molecule has 0 saturated carbocycles. The van der Waals surface area contributed by atoms with Crippen LogP contribution < -0.4 is 19.9 Å². The number of halogens is 1. The average Bonchev–Trinajstić information content (AvgIpc) is 2.85. The molecule has 1 aliphatic heterocycles. The average molecular weight is 308 g/mol. The molecule has 0 unspecified atom stereocenters. The van der Waals surface area contributed by atoms with Crippen molar-refractivity contribution in [2.75, 3.05) is 6.79 Å². The van der Waals surface area contributed by atoms with E-state index in [2.05, 4.69) is 0 Å². The summed E-state index contributed by atoms with van der Waals surface area (Å²) < 4.78 is 16.3. The van der Waals surface area contributed by atoms with Crippen LogP contribution in [-0.2, 0) is 0 Å². The highest BCUT2D eigenvalue weighted by atomic mass is 35.5. The minimum atomic E-state index is 0.216. The molecule has 0 atom stereocenters. The van der Waals surface area contributed by atoms with E-state index in [-0.39, 0.29) is 11.8 Å². The Morgan fingerprint density at radius 1 is 1.15 bits per heavy atom. The van der Waals surface area contributed by atoms with E-state index >= 15 is 0 Å². The normalized spacial score (nSPS) is 12.2. The zero-order valence-corrected chi connectivity index (χ0v) is 11.8. The molecular formula is C14H10ClNO3S. The van der Waals surface area contributed by atoms with E-state index in [1.54, 1.807) is 36.4 Å². The van der Waals surface area contributed by atoms with Crippen LogP contribution in [0.1, 0.15) is 5.56 Å². The summed E-state index contributed by atoms with van der Waals surface area (Å²) in [6, 6.07) is 10.4. The third-order valence-corrected chi connectivity index (χ3v) is 3.24. The van der Waals surface area contributed by atoms with Gasteiger partial charge in [0.05, 0.1) is 5.56 Å². The van der Waals surface area contributed by atoms with E-state index in [4.69, 9.17) is 43.8 Å². The maximum Gasteiger partial charge on any atom is 0.231 e. The summed E-state index contributed by atoms with van der Waals surface area (Å²) in [6.07, 6.45) is 0. The van der Waals surface area contributed by atoms with Crippen LogP contribution in [-0.4, -0.2) is 11.8 Å². The van der Waals surface area contributed by atoms with Gasteiger partial charge < -0.3 is 19.9 Å². The lowest BCUT2D eigenvalue weighted by atomic mass is 10.2. The summed E-state index contributed by atoms with van der Waals surface area (Å²) in [4.78, 5) is 0.248. The van der Waals surface area contributed by atoms with Crippen LogP contribution >= 0.6 is 23.8 Å². The first kappa shape index (κ1) is 13.0. The predicted octanol–water partition coefficient (Wildman–Crippen LogP) is 3.50. The fraction of sp³-hybridized carbons (Fsp3) is 0.0714. The molecule has 0 aliphatic carbocycles. The van der Waals surface area contributed by atoms with Crippen molar-refractivity contribution in [3.63, 3.8) is 0 Å². The predicted molar refractivity (Wildman–Crippen MR) is 80.0 cm³/mol. The summed E-state index contributed by atoms with van der Waals surface area (Å²) in [5.41, 5.74) is 6.30. The zero-order chi connectivity index (χ0) is 14.1. The summed E-state index contributed by atoms with van der Waals surface area (Å²) >= 11 is 11.0. The van der Waals surface area contributed by atoms with E-state index in [9.17, 15) is 0 Å². The molecule has 0 saturated heterocycles. The molecule has 3 rings (SSSR count). The second-order valence-corrected chi connectivity index (χ2v) is 5.00. The number of benzene rings is 2. The standard InChI is InChI=1S/C14H10ClNO3S/c15-8-1-3-10(14(16)20)12(5-8)19-9-2-4-11-13(6-9)18-7-17-11/h1-6H,7H2,(H2,16,20). The molecule has 2 aromatic rings. The minimum Gasteiger partial charge on any atom is -0.456 e. The van der Waals surface area contributed by atoms with Gasteiger partial charge in [-0.25, -0.2) is 0 Å². The molecule has 2 aromatic carbocycles. The van der Waals surface area contributed by atoms with Crippen molar-refractivity contribution in [2.45, 2.75) is 0 Å². The minimum absolute atomic E-state index is 0.216. The van der Waals surface area contributed by atoms with Crippen LogP contribution in [0.25, 0.3) is 0 Å². The summed E-state index contributed by atoms with van der Waals surface area (Å²) in [5.74, 6) is 2.43. The third kappa shape index (κ3) is 2.50. The lowest BCUT2D eigenvalue weighted by Gasteiger charge is -2.11. The molecular weight excluding hydrogens is 298 g/mol. The van der Waals surface area contributed by atoms with Gasteiger partial charge in [0.25, 0.3) is 0 Å². The number of ether oxygens (including phenoxy) is 3. The Morgan fingerprint density at radius 2 is 1.95 bits per heavy atom. The molecule has 0 spiro atoms. The molecule has 20 heavy (non-hydrogen) atoms. The molecule has 4 nitrogen and oxygen atoms in total. The first-order valence-electron chi connectivity index (χ1n) is 5.80. The molecule has 0 radical (unpaired) electrons. The van der Waals surface area contributed by atoms with Gasteiger partial charge in [-0.05, 0) is 24.3 Å². The number of nitrogens with two attached hydrogens (primary N) is 1. The van der Waals surface area contributed by atoms with Crippen LogP contribution in [0, 0.1) is 0 Å². The van der Waals surface area contributed by atoms with Gasteiger partial charge in [-0.15, -0.1) is 0 Å². The van der Waals surface area contributed by atoms with Crippen LogP contribution in [0.3, 0.4) is 0 Å². The van der Waals surface area contributed by atoms with E-state index in [1.807, 2.05) is 0 Å². The molecule has 6 heteroatoms. The molecule has 102 valence electrons. The molecule has 0 amide bonds. The van der Waals surface area contributed by atoms with E-state index in [0.29, 0.717) is 33.6 Å². The first-order valence-corrected chi connectivity index (χ1v) is 6.59. The quantitative estimate of drug-likeness (QED) is 0.880. The number of thiocarbonyl (C=S) groups is 1. The van der Waals surface area contributed by atoms with Gasteiger partial charge in [-0.3, -0.25) is 0 Å². The molecule has 1 heterocycles. The van der Waals surface area contributed by atoms with Crippen molar-refractivity contribution in [3.8, 4) is 23.0 Å². The molecule has 1 aliphatic rings. The van der Waals surface area contributed by atoms with Gasteiger partial charge in [0.2, 0.25) is 6.79 Å². The van der Waals surface area contributed by atoms with Crippen molar-refractivity contribution >= 4 is 28.8 Å². The molecule has 0 aromatic heterocycles. The first-order chi connectivity index (χ1) is 9.63. The zero-order valence-electron chi connectivity index (χ0n) is 10.3. The van der Waals surface area contributed by atoms with Crippen LogP contribution in [0.2, 0.25) is 5.02 Å². The van der Waals surface area contributed by atoms with Crippen molar-refractivity contribution in [1.82, 2.24) is 0 Å². The third-order valence-electron chi connectivity index (χ3n) is 2.78. The van der Waals surface area contributed by atoms with E-state index in [1.165, 1.54) is 0 Å². The van der Waals surface area contributed by atoms with E-state index < -0.39 is 0 Å². The lowest BCUT2D eigenvalue weighted by molar-refractivity contribution is 0.174. The number of rotatable bonds is 3. The molecule has 0 fully saturated rings. The number of hydrogen-bond acceptors (Lipinski definition) is 4. The molecule has 0 bridgehead atoms. The second kappa shape index (κ2) is 5.19. The SMILES string of the molecule is NC(=S)c1ccc(Cl)cc1Oc1ccc2c(c1)OCO2. The second-order valence-electron chi connectivity index (χ2n) is 4.12. The Labute approximate surface area is 126 Å². The smallest absolute Gasteiger partial charge is 0.231 e. The fourth-order valence-corrected chi connectivity index (χ4v) is 2.18. The highest BCUT2D eigenvalue weighted by molar-refractivity contribution is 7.80. The van der Waals surface area contributed by atoms with Gasteiger partial charge >= 0.3 is 0 Å².